The van der Waals surface area contributed by atoms with Crippen LogP contribution >= 0.6 is 34.8 Å². The first-order chi connectivity index (χ1) is 14.5. The number of hydrogen-bond donors (Lipinski definition) is 0. The third kappa shape index (κ3) is 5.86. The van der Waals surface area contributed by atoms with Crippen LogP contribution in [0.2, 0.25) is 15.1 Å². The lowest BCUT2D eigenvalue weighted by atomic mass is 10.1. The molecule has 168 valence electrons. The van der Waals surface area contributed by atoms with E-state index in [-0.39, 0.29) is 24.0 Å². The summed E-state index contributed by atoms with van der Waals surface area (Å²) in [5, 5.41) is 1.56. The molecule has 2 atom stereocenters. The fourth-order valence-electron chi connectivity index (χ4n) is 3.70. The van der Waals surface area contributed by atoms with Gasteiger partial charge in [-0.3, -0.25) is 4.79 Å². The summed E-state index contributed by atoms with van der Waals surface area (Å²) >= 11 is 18.5. The predicted molar refractivity (Wildman–Crippen MR) is 125 cm³/mol. The fraction of sp³-hybridized carbons (Fsp3) is 0.409. The molecule has 1 fully saturated rings. The average molecular weight is 505 g/mol. The first-order valence-electron chi connectivity index (χ1n) is 9.85. The Hall–Kier alpha value is -1.47. The number of carbonyl (C=O) groups is 1. The topological polar surface area (TPSA) is 63.7 Å². The molecular formula is C22H24Cl3NO4S. The van der Waals surface area contributed by atoms with Crippen LogP contribution in [0.1, 0.15) is 30.0 Å². The Bertz CT molecular complexity index is 1080. The molecule has 0 aromatic heterocycles. The molecule has 31 heavy (non-hydrogen) atoms. The first-order valence-corrected chi connectivity index (χ1v) is 12.8. The SMILES string of the molecule is Cc1cc(O[C@H](C)C(=O)N(Cc2ccc(Cl)cc2Cl)[C@@H]2CCS(=O)(=O)C2)cc(C)c1Cl. The lowest BCUT2D eigenvalue weighted by Crippen LogP contribution is -2.46. The number of rotatable bonds is 6. The van der Waals surface area contributed by atoms with Gasteiger partial charge in [-0.25, -0.2) is 8.42 Å². The summed E-state index contributed by atoms with van der Waals surface area (Å²) in [6, 6.07) is 8.15. The molecule has 0 N–H and O–H groups in total. The van der Waals surface area contributed by atoms with Gasteiger partial charge >= 0.3 is 0 Å². The van der Waals surface area contributed by atoms with Gasteiger partial charge in [-0.15, -0.1) is 0 Å². The van der Waals surface area contributed by atoms with Crippen molar-refractivity contribution in [3.8, 4) is 5.75 Å². The van der Waals surface area contributed by atoms with Crippen molar-refractivity contribution >= 4 is 50.5 Å². The van der Waals surface area contributed by atoms with E-state index in [1.165, 1.54) is 0 Å². The van der Waals surface area contributed by atoms with Gasteiger partial charge in [0.15, 0.2) is 15.9 Å². The lowest BCUT2D eigenvalue weighted by molar-refractivity contribution is -0.140. The average Bonchev–Trinajstić information content (AvgIpc) is 3.04. The molecule has 0 saturated carbocycles. The summed E-state index contributed by atoms with van der Waals surface area (Å²) in [6.07, 6.45) is -0.445. The fourth-order valence-corrected chi connectivity index (χ4v) is 6.01. The van der Waals surface area contributed by atoms with Gasteiger partial charge in [-0.05, 0) is 68.1 Å². The van der Waals surface area contributed by atoms with Gasteiger partial charge in [-0.1, -0.05) is 40.9 Å². The molecule has 0 bridgehead atoms. The van der Waals surface area contributed by atoms with Crippen molar-refractivity contribution in [3.63, 3.8) is 0 Å². The standard InChI is InChI=1S/C22H24Cl3NO4S/c1-13-8-19(9-14(2)21(13)25)30-15(3)22(27)26(18-6-7-31(28,29)12-18)11-16-4-5-17(23)10-20(16)24/h4-5,8-10,15,18H,6-7,11-12H2,1-3H3/t15-,18-/m1/s1. The highest BCUT2D eigenvalue weighted by atomic mass is 35.5. The van der Waals surface area contributed by atoms with Crippen LogP contribution in [-0.4, -0.2) is 42.9 Å². The number of carbonyl (C=O) groups excluding carboxylic acids is 1. The molecule has 5 nitrogen and oxygen atoms in total. The zero-order valence-corrected chi connectivity index (χ0v) is 20.6. The van der Waals surface area contributed by atoms with E-state index in [4.69, 9.17) is 39.5 Å². The summed E-state index contributed by atoms with van der Waals surface area (Å²) in [5.41, 5.74) is 2.39. The number of sulfone groups is 1. The zero-order chi connectivity index (χ0) is 22.9. The summed E-state index contributed by atoms with van der Waals surface area (Å²) in [7, 11) is -3.19. The van der Waals surface area contributed by atoms with E-state index < -0.39 is 22.0 Å². The molecule has 2 aromatic carbocycles. The van der Waals surface area contributed by atoms with Gasteiger partial charge in [0.05, 0.1) is 11.5 Å². The molecule has 0 spiro atoms. The highest BCUT2D eigenvalue weighted by Crippen LogP contribution is 2.29. The van der Waals surface area contributed by atoms with Crippen LogP contribution in [0.25, 0.3) is 0 Å². The van der Waals surface area contributed by atoms with Gasteiger partial charge in [0, 0.05) is 27.7 Å². The van der Waals surface area contributed by atoms with E-state index >= 15 is 0 Å². The molecule has 1 aliphatic heterocycles. The molecule has 0 aliphatic carbocycles. The molecule has 0 radical (unpaired) electrons. The number of amides is 1. The van der Waals surface area contributed by atoms with E-state index in [1.54, 1.807) is 42.2 Å². The Labute approximate surface area is 198 Å². The van der Waals surface area contributed by atoms with E-state index in [0.29, 0.717) is 32.8 Å². The molecule has 9 heteroatoms. The number of halogens is 3. The highest BCUT2D eigenvalue weighted by molar-refractivity contribution is 7.91. The maximum Gasteiger partial charge on any atom is 0.263 e. The number of nitrogens with zero attached hydrogens (tertiary/aromatic N) is 1. The molecular weight excluding hydrogens is 481 g/mol. The second-order valence-electron chi connectivity index (χ2n) is 7.89. The maximum absolute atomic E-state index is 13.4. The van der Waals surface area contributed by atoms with E-state index in [9.17, 15) is 13.2 Å². The van der Waals surface area contributed by atoms with Crippen molar-refractivity contribution in [2.24, 2.45) is 0 Å². The summed E-state index contributed by atoms with van der Waals surface area (Å²) < 4.78 is 30.1. The van der Waals surface area contributed by atoms with Crippen LogP contribution < -0.4 is 4.74 Å². The van der Waals surface area contributed by atoms with Crippen molar-refractivity contribution in [1.82, 2.24) is 4.90 Å². The predicted octanol–water partition coefficient (Wildman–Crippen LogP) is 5.25. The summed E-state index contributed by atoms with van der Waals surface area (Å²) in [5.74, 6) is 0.207. The monoisotopic (exact) mass is 503 g/mol. The molecule has 1 heterocycles. The first kappa shape index (κ1) is 24.2. The summed E-state index contributed by atoms with van der Waals surface area (Å²) in [4.78, 5) is 14.9. The second kappa shape index (κ2) is 9.57. The summed E-state index contributed by atoms with van der Waals surface area (Å²) in [6.45, 7) is 5.56. The Kier molecular flexibility index (Phi) is 7.47. The number of hydrogen-bond acceptors (Lipinski definition) is 4. The Morgan fingerprint density at radius 1 is 1.16 bits per heavy atom. The van der Waals surface area contributed by atoms with Crippen molar-refractivity contribution in [2.75, 3.05) is 11.5 Å². The molecule has 1 aliphatic rings. The van der Waals surface area contributed by atoms with Crippen LogP contribution in [0.15, 0.2) is 30.3 Å². The Balaban J connectivity index is 1.86. The number of aryl methyl sites for hydroxylation is 2. The van der Waals surface area contributed by atoms with Gasteiger partial charge in [0.1, 0.15) is 5.75 Å². The normalized spacial score (nSPS) is 18.6. The molecule has 2 aromatic rings. The van der Waals surface area contributed by atoms with Crippen molar-refractivity contribution in [3.05, 3.63) is 62.1 Å². The van der Waals surface area contributed by atoms with Crippen LogP contribution in [0.3, 0.4) is 0 Å². The van der Waals surface area contributed by atoms with Crippen LogP contribution in [0.4, 0.5) is 0 Å². The third-order valence-corrected chi connectivity index (χ3v) is 8.29. The van der Waals surface area contributed by atoms with Gasteiger partial charge in [0.25, 0.3) is 5.91 Å². The van der Waals surface area contributed by atoms with Crippen LogP contribution in [0, 0.1) is 13.8 Å². The van der Waals surface area contributed by atoms with Gasteiger partial charge < -0.3 is 9.64 Å². The van der Waals surface area contributed by atoms with Crippen LogP contribution in [0.5, 0.6) is 5.75 Å². The van der Waals surface area contributed by atoms with E-state index in [0.717, 1.165) is 11.1 Å². The van der Waals surface area contributed by atoms with Gasteiger partial charge in [0.2, 0.25) is 0 Å². The largest absolute Gasteiger partial charge is 0.481 e. The zero-order valence-electron chi connectivity index (χ0n) is 17.5. The lowest BCUT2D eigenvalue weighted by Gasteiger charge is -2.31. The smallest absolute Gasteiger partial charge is 0.263 e. The quantitative estimate of drug-likeness (QED) is 0.539. The maximum atomic E-state index is 13.4. The van der Waals surface area contributed by atoms with Crippen molar-refractivity contribution in [2.45, 2.75) is 45.9 Å². The highest BCUT2D eigenvalue weighted by Gasteiger charge is 2.37. The number of ether oxygens (including phenoxy) is 1. The minimum atomic E-state index is -3.19. The van der Waals surface area contributed by atoms with Crippen LogP contribution in [-0.2, 0) is 21.2 Å². The van der Waals surface area contributed by atoms with Crippen molar-refractivity contribution < 1.29 is 17.9 Å². The van der Waals surface area contributed by atoms with E-state index in [2.05, 4.69) is 0 Å². The molecule has 1 saturated heterocycles. The Morgan fingerprint density at radius 3 is 2.35 bits per heavy atom. The molecule has 1 amide bonds. The second-order valence-corrected chi connectivity index (χ2v) is 11.3. The molecule has 0 unspecified atom stereocenters. The Morgan fingerprint density at radius 2 is 1.81 bits per heavy atom. The van der Waals surface area contributed by atoms with Gasteiger partial charge in [-0.2, -0.15) is 0 Å². The minimum Gasteiger partial charge on any atom is -0.481 e. The van der Waals surface area contributed by atoms with Crippen molar-refractivity contribution in [1.29, 1.82) is 0 Å². The molecule has 3 rings (SSSR count). The number of benzene rings is 2. The third-order valence-electron chi connectivity index (χ3n) is 5.36. The van der Waals surface area contributed by atoms with E-state index in [1.807, 2.05) is 13.8 Å². The minimum absolute atomic E-state index is 0.0562.